The average molecular weight is 551 g/mol. The smallest absolute Gasteiger partial charge is 0.411 e. The van der Waals surface area contributed by atoms with Crippen molar-refractivity contribution < 1.29 is 22.6 Å². The molecule has 2 aromatic rings. The van der Waals surface area contributed by atoms with Gasteiger partial charge in [-0.15, -0.1) is 24.0 Å². The monoisotopic (exact) mass is 551 g/mol. The number of nitrogens with zero attached hydrogens (tertiary/aromatic N) is 1. The first-order valence-electron chi connectivity index (χ1n) is 9.67. The molecular weight excluding hydrogens is 522 g/mol. The van der Waals surface area contributed by atoms with Crippen molar-refractivity contribution in [1.82, 2.24) is 10.6 Å². The molecule has 172 valence electrons. The van der Waals surface area contributed by atoms with Gasteiger partial charge in [0.2, 0.25) is 0 Å². The Balaban J connectivity index is 0.00000480. The quantitative estimate of drug-likeness (QED) is 0.261. The third-order valence-electron chi connectivity index (χ3n) is 3.97. The van der Waals surface area contributed by atoms with Crippen LogP contribution in [-0.2, 0) is 24.4 Å². The highest BCUT2D eigenvalue weighted by Gasteiger charge is 2.27. The predicted octanol–water partition coefficient (Wildman–Crippen LogP) is 5.04. The molecule has 0 saturated carbocycles. The van der Waals surface area contributed by atoms with E-state index in [0.29, 0.717) is 24.6 Å². The van der Waals surface area contributed by atoms with E-state index in [1.54, 1.807) is 19.2 Å². The second-order valence-corrected chi connectivity index (χ2v) is 7.02. The maximum Gasteiger partial charge on any atom is 0.411 e. The number of aliphatic imine (C=N–C) groups is 1. The van der Waals surface area contributed by atoms with Gasteiger partial charge in [-0.05, 0) is 42.7 Å². The number of ether oxygens (including phenoxy) is 2. The Morgan fingerprint density at radius 1 is 0.968 bits per heavy atom. The fraction of sp³-hybridized carbons (Fsp3) is 0.409. The van der Waals surface area contributed by atoms with Crippen LogP contribution in [0.5, 0.6) is 5.75 Å². The first-order chi connectivity index (χ1) is 14.2. The van der Waals surface area contributed by atoms with Crippen molar-refractivity contribution in [3.05, 3.63) is 65.2 Å². The van der Waals surface area contributed by atoms with Gasteiger partial charge in [-0.2, -0.15) is 13.2 Å². The molecular formula is C22H29F3IN3O2. The van der Waals surface area contributed by atoms with E-state index in [2.05, 4.69) is 20.4 Å². The Labute approximate surface area is 198 Å². The summed E-state index contributed by atoms with van der Waals surface area (Å²) in [5, 5.41) is 6.46. The molecule has 0 atom stereocenters. The fourth-order valence-electron chi connectivity index (χ4n) is 2.63. The maximum atomic E-state index is 12.1. The van der Waals surface area contributed by atoms with Crippen LogP contribution in [0.25, 0.3) is 0 Å². The zero-order valence-corrected chi connectivity index (χ0v) is 20.2. The lowest BCUT2D eigenvalue weighted by molar-refractivity contribution is -0.176. The van der Waals surface area contributed by atoms with Gasteiger partial charge >= 0.3 is 6.18 Å². The molecule has 0 unspecified atom stereocenters. The van der Waals surface area contributed by atoms with Gasteiger partial charge in [0, 0.05) is 20.1 Å². The zero-order chi connectivity index (χ0) is 22.0. The minimum absolute atomic E-state index is 0. The molecule has 0 spiro atoms. The Morgan fingerprint density at radius 2 is 1.58 bits per heavy atom. The number of hydrogen-bond donors (Lipinski definition) is 2. The van der Waals surface area contributed by atoms with Crippen LogP contribution in [-0.4, -0.2) is 31.9 Å². The minimum atomic E-state index is -4.31. The first-order valence-corrected chi connectivity index (χ1v) is 9.67. The zero-order valence-electron chi connectivity index (χ0n) is 17.8. The highest BCUT2D eigenvalue weighted by atomic mass is 127. The molecule has 9 heteroatoms. The van der Waals surface area contributed by atoms with Crippen LogP contribution in [0.15, 0.2) is 53.5 Å². The van der Waals surface area contributed by atoms with Gasteiger partial charge in [0.15, 0.2) is 5.96 Å². The lowest BCUT2D eigenvalue weighted by Gasteiger charge is -2.14. The number of guanidine groups is 1. The summed E-state index contributed by atoms with van der Waals surface area (Å²) in [5.41, 5.74) is 2.73. The summed E-state index contributed by atoms with van der Waals surface area (Å²) >= 11 is 0. The molecule has 0 bridgehead atoms. The molecule has 0 fully saturated rings. The molecule has 0 amide bonds. The Bertz CT molecular complexity index is 812. The van der Waals surface area contributed by atoms with Crippen LogP contribution in [0, 0.1) is 0 Å². The van der Waals surface area contributed by atoms with E-state index in [-0.39, 0.29) is 36.7 Å². The summed E-state index contributed by atoms with van der Waals surface area (Å²) in [6.45, 7) is 3.77. The number of benzene rings is 2. The summed E-state index contributed by atoms with van der Waals surface area (Å²) in [5.74, 6) is 1.47. The highest BCUT2D eigenvalue weighted by molar-refractivity contribution is 14.0. The number of rotatable bonds is 9. The van der Waals surface area contributed by atoms with Crippen LogP contribution in [0.1, 0.15) is 30.5 Å². The predicted molar refractivity (Wildman–Crippen MR) is 127 cm³/mol. The van der Waals surface area contributed by atoms with Crippen molar-refractivity contribution in [2.24, 2.45) is 4.99 Å². The van der Waals surface area contributed by atoms with Crippen molar-refractivity contribution in [2.45, 2.75) is 45.8 Å². The molecule has 0 aliphatic heterocycles. The largest absolute Gasteiger partial charge is 0.491 e. The molecule has 0 aliphatic rings. The summed E-state index contributed by atoms with van der Waals surface area (Å²) in [6.07, 6.45) is -4.19. The van der Waals surface area contributed by atoms with Gasteiger partial charge in [-0.1, -0.05) is 36.4 Å². The summed E-state index contributed by atoms with van der Waals surface area (Å²) in [4.78, 5) is 4.21. The van der Waals surface area contributed by atoms with Crippen LogP contribution >= 0.6 is 24.0 Å². The molecule has 0 saturated heterocycles. The van der Waals surface area contributed by atoms with Gasteiger partial charge in [-0.3, -0.25) is 4.99 Å². The van der Waals surface area contributed by atoms with Gasteiger partial charge in [0.1, 0.15) is 12.4 Å². The summed E-state index contributed by atoms with van der Waals surface area (Å²) < 4.78 is 46.7. The van der Waals surface area contributed by atoms with E-state index < -0.39 is 12.8 Å². The van der Waals surface area contributed by atoms with Gasteiger partial charge in [0.05, 0.1) is 12.7 Å². The van der Waals surface area contributed by atoms with E-state index in [9.17, 15) is 13.2 Å². The number of hydrogen-bond acceptors (Lipinski definition) is 3. The maximum absolute atomic E-state index is 12.1. The van der Waals surface area contributed by atoms with Crippen LogP contribution in [0.3, 0.4) is 0 Å². The van der Waals surface area contributed by atoms with Crippen LogP contribution in [0.4, 0.5) is 13.2 Å². The Kier molecular flexibility index (Phi) is 11.7. The fourth-order valence-corrected chi connectivity index (χ4v) is 2.63. The van der Waals surface area contributed by atoms with Crippen molar-refractivity contribution >= 4 is 29.9 Å². The SMILES string of the molecule is CN=C(NCc1ccc(COCC(F)(F)F)cc1)NCc1cccc(OC(C)C)c1.I. The van der Waals surface area contributed by atoms with Gasteiger partial charge < -0.3 is 20.1 Å². The lowest BCUT2D eigenvalue weighted by Crippen LogP contribution is -2.36. The second kappa shape index (κ2) is 13.4. The minimum Gasteiger partial charge on any atom is -0.491 e. The molecule has 2 aromatic carbocycles. The first kappa shape index (κ1) is 27.0. The average Bonchev–Trinajstić information content (AvgIpc) is 2.68. The van der Waals surface area contributed by atoms with E-state index >= 15 is 0 Å². The van der Waals surface area contributed by atoms with E-state index in [4.69, 9.17) is 4.74 Å². The normalized spacial score (nSPS) is 11.8. The lowest BCUT2D eigenvalue weighted by atomic mass is 10.1. The van der Waals surface area contributed by atoms with Gasteiger partial charge in [-0.25, -0.2) is 0 Å². The van der Waals surface area contributed by atoms with Crippen molar-refractivity contribution in [3.63, 3.8) is 0 Å². The third kappa shape index (κ3) is 11.3. The molecule has 2 rings (SSSR count). The Morgan fingerprint density at radius 3 is 2.16 bits per heavy atom. The number of nitrogens with one attached hydrogen (secondary N) is 2. The molecule has 0 radical (unpaired) electrons. The summed E-state index contributed by atoms with van der Waals surface area (Å²) in [6, 6.07) is 15.1. The Hall–Kier alpha value is -2.01. The van der Waals surface area contributed by atoms with Gasteiger partial charge in [0.25, 0.3) is 0 Å². The van der Waals surface area contributed by atoms with Crippen LogP contribution < -0.4 is 15.4 Å². The molecule has 2 N–H and O–H groups in total. The van der Waals surface area contributed by atoms with Crippen molar-refractivity contribution in [1.29, 1.82) is 0 Å². The molecule has 0 heterocycles. The third-order valence-corrected chi connectivity index (χ3v) is 3.97. The second-order valence-electron chi connectivity index (χ2n) is 7.02. The van der Waals surface area contributed by atoms with E-state index in [1.807, 2.05) is 50.2 Å². The number of halogens is 4. The summed E-state index contributed by atoms with van der Waals surface area (Å²) in [7, 11) is 1.69. The van der Waals surface area contributed by atoms with Crippen molar-refractivity contribution in [3.8, 4) is 5.75 Å². The molecule has 31 heavy (non-hydrogen) atoms. The van der Waals surface area contributed by atoms with E-state index in [0.717, 1.165) is 16.9 Å². The molecule has 5 nitrogen and oxygen atoms in total. The van der Waals surface area contributed by atoms with Crippen LogP contribution in [0.2, 0.25) is 0 Å². The molecule has 0 aliphatic carbocycles. The van der Waals surface area contributed by atoms with Crippen molar-refractivity contribution in [2.75, 3.05) is 13.7 Å². The highest BCUT2D eigenvalue weighted by Crippen LogP contribution is 2.16. The standard InChI is InChI=1S/C22H28F3N3O2.HI/c1-16(2)30-20-6-4-5-19(11-20)13-28-21(26-3)27-12-17-7-9-18(10-8-17)14-29-15-22(23,24)25;/h4-11,16H,12-15H2,1-3H3,(H2,26,27,28);1H. The van der Waals surface area contributed by atoms with E-state index in [1.165, 1.54) is 0 Å². The number of alkyl halides is 3. The topological polar surface area (TPSA) is 54.9 Å². The molecule has 0 aromatic heterocycles.